The van der Waals surface area contributed by atoms with E-state index in [0.717, 1.165) is 73.7 Å². The number of hydrogen-bond acceptors (Lipinski definition) is 4. The standard InChI is InChI=1S/C34H56O4/c1-31(2,23-35)17-11-9-13-25-19-33(5,6)21-27(29(25)37)15-16-28-22-34(7,8)20-26(30(28)38)14-10-12-18-32(3,4)24-36/h15-16,19-22,29-30,35-38H,9-14,17-18,23-24H2,1-8H3. The molecule has 0 aliphatic heterocycles. The smallest absolute Gasteiger partial charge is 0.0998 e. The average molecular weight is 529 g/mol. The lowest BCUT2D eigenvalue weighted by Crippen LogP contribution is -2.24. The van der Waals surface area contributed by atoms with Gasteiger partial charge in [0.25, 0.3) is 0 Å². The summed E-state index contributed by atoms with van der Waals surface area (Å²) in [5, 5.41) is 41.4. The minimum Gasteiger partial charge on any atom is -0.396 e. The van der Waals surface area contributed by atoms with E-state index in [1.165, 1.54) is 0 Å². The molecular weight excluding hydrogens is 472 g/mol. The Hall–Kier alpha value is -1.46. The normalized spacial score (nSPS) is 23.7. The van der Waals surface area contributed by atoms with Gasteiger partial charge in [-0.1, -0.05) is 105 Å². The van der Waals surface area contributed by atoms with Gasteiger partial charge in [-0.15, -0.1) is 0 Å². The van der Waals surface area contributed by atoms with Crippen LogP contribution in [0.4, 0.5) is 0 Å². The molecule has 216 valence electrons. The molecule has 2 rings (SSSR count). The molecule has 0 fully saturated rings. The summed E-state index contributed by atoms with van der Waals surface area (Å²) in [4.78, 5) is 0. The maximum Gasteiger partial charge on any atom is 0.0998 e. The van der Waals surface area contributed by atoms with Gasteiger partial charge in [-0.2, -0.15) is 0 Å². The van der Waals surface area contributed by atoms with Gasteiger partial charge in [0.2, 0.25) is 0 Å². The number of allylic oxidation sites excluding steroid dienone is 4. The van der Waals surface area contributed by atoms with Crippen molar-refractivity contribution in [1.82, 2.24) is 0 Å². The number of aliphatic hydroxyl groups is 4. The van der Waals surface area contributed by atoms with Crippen molar-refractivity contribution in [3.8, 4) is 0 Å². The van der Waals surface area contributed by atoms with Crippen LogP contribution in [0.1, 0.15) is 107 Å². The fraction of sp³-hybridized carbons (Fsp3) is 0.706. The van der Waals surface area contributed by atoms with E-state index in [4.69, 9.17) is 0 Å². The van der Waals surface area contributed by atoms with E-state index >= 15 is 0 Å². The minimum absolute atomic E-state index is 0.0573. The molecule has 0 bridgehead atoms. The van der Waals surface area contributed by atoms with Crippen LogP contribution in [0.2, 0.25) is 0 Å². The van der Waals surface area contributed by atoms with E-state index in [9.17, 15) is 20.4 Å². The molecule has 2 aliphatic carbocycles. The zero-order valence-electron chi connectivity index (χ0n) is 25.5. The predicted octanol–water partition coefficient (Wildman–Crippen LogP) is 7.21. The first-order valence-corrected chi connectivity index (χ1v) is 14.6. The summed E-state index contributed by atoms with van der Waals surface area (Å²) in [6.07, 6.45) is 19.0. The lowest BCUT2D eigenvalue weighted by atomic mass is 9.77. The molecule has 38 heavy (non-hydrogen) atoms. The largest absolute Gasteiger partial charge is 0.396 e. The quantitative estimate of drug-likeness (QED) is 0.142. The molecule has 0 saturated heterocycles. The summed E-state index contributed by atoms with van der Waals surface area (Å²) in [6, 6.07) is 0. The fourth-order valence-corrected chi connectivity index (χ4v) is 5.55. The summed E-state index contributed by atoms with van der Waals surface area (Å²) in [7, 11) is 0. The summed E-state index contributed by atoms with van der Waals surface area (Å²) >= 11 is 0. The molecule has 2 atom stereocenters. The Morgan fingerprint density at radius 2 is 0.974 bits per heavy atom. The van der Waals surface area contributed by atoms with Gasteiger partial charge in [0.1, 0.15) is 0 Å². The molecule has 4 heteroatoms. The van der Waals surface area contributed by atoms with Crippen LogP contribution in [0.25, 0.3) is 0 Å². The Kier molecular flexibility index (Phi) is 11.4. The number of hydrogen-bond donors (Lipinski definition) is 4. The van der Waals surface area contributed by atoms with Crippen molar-refractivity contribution in [3.05, 3.63) is 58.7 Å². The molecule has 0 radical (unpaired) electrons. The molecule has 4 nitrogen and oxygen atoms in total. The Bertz CT molecular complexity index is 864. The summed E-state index contributed by atoms with van der Waals surface area (Å²) in [6.45, 7) is 17.4. The van der Waals surface area contributed by atoms with E-state index < -0.39 is 12.2 Å². The number of unbranched alkanes of at least 4 members (excludes halogenated alkanes) is 2. The first-order chi connectivity index (χ1) is 17.5. The van der Waals surface area contributed by atoms with E-state index in [1.807, 2.05) is 12.2 Å². The highest BCUT2D eigenvalue weighted by molar-refractivity contribution is 5.45. The molecule has 0 aromatic heterocycles. The summed E-state index contributed by atoms with van der Waals surface area (Å²) in [5.41, 5.74) is 3.48. The van der Waals surface area contributed by atoms with Crippen LogP contribution in [0.5, 0.6) is 0 Å². The second kappa shape index (κ2) is 13.3. The molecule has 4 N–H and O–H groups in total. The Morgan fingerprint density at radius 1 is 0.632 bits per heavy atom. The van der Waals surface area contributed by atoms with Crippen LogP contribution in [-0.4, -0.2) is 45.8 Å². The number of rotatable bonds is 14. The van der Waals surface area contributed by atoms with Gasteiger partial charge >= 0.3 is 0 Å². The number of aliphatic hydroxyl groups excluding tert-OH is 4. The minimum atomic E-state index is -0.635. The van der Waals surface area contributed by atoms with Crippen molar-refractivity contribution < 1.29 is 20.4 Å². The molecule has 2 unspecified atom stereocenters. The van der Waals surface area contributed by atoms with Gasteiger partial charge in [-0.05, 0) is 71.6 Å². The van der Waals surface area contributed by atoms with Crippen LogP contribution in [-0.2, 0) is 0 Å². The van der Waals surface area contributed by atoms with Crippen LogP contribution in [0.3, 0.4) is 0 Å². The van der Waals surface area contributed by atoms with Crippen LogP contribution >= 0.6 is 0 Å². The zero-order valence-corrected chi connectivity index (χ0v) is 25.5. The molecule has 0 spiro atoms. The third-order valence-corrected chi connectivity index (χ3v) is 7.99. The molecule has 0 aromatic rings. The van der Waals surface area contributed by atoms with Crippen molar-refractivity contribution >= 4 is 0 Å². The maximum absolute atomic E-state index is 11.2. The third kappa shape index (κ3) is 10.3. The van der Waals surface area contributed by atoms with Crippen molar-refractivity contribution in [2.75, 3.05) is 13.2 Å². The third-order valence-electron chi connectivity index (χ3n) is 7.99. The highest BCUT2D eigenvalue weighted by atomic mass is 16.3. The van der Waals surface area contributed by atoms with E-state index in [0.29, 0.717) is 0 Å². The summed E-state index contributed by atoms with van der Waals surface area (Å²) < 4.78 is 0. The second-order valence-electron chi connectivity index (χ2n) is 14.6. The van der Waals surface area contributed by atoms with Crippen molar-refractivity contribution in [1.29, 1.82) is 0 Å². The lowest BCUT2D eigenvalue weighted by molar-refractivity contribution is 0.147. The molecule has 0 saturated carbocycles. The topological polar surface area (TPSA) is 80.9 Å². The van der Waals surface area contributed by atoms with Crippen molar-refractivity contribution in [2.24, 2.45) is 21.7 Å². The Labute approximate surface area is 232 Å². The zero-order chi connectivity index (χ0) is 28.8. The molecular formula is C34H56O4. The molecule has 0 aromatic carbocycles. The van der Waals surface area contributed by atoms with E-state index in [2.05, 4.69) is 79.7 Å². The first kappa shape index (κ1) is 32.8. The lowest BCUT2D eigenvalue weighted by Gasteiger charge is -2.31. The Balaban J connectivity index is 2.06. The molecule has 2 aliphatic rings. The fourth-order valence-electron chi connectivity index (χ4n) is 5.55. The van der Waals surface area contributed by atoms with Gasteiger partial charge in [0.05, 0.1) is 12.2 Å². The van der Waals surface area contributed by atoms with E-state index in [-0.39, 0.29) is 34.9 Å². The van der Waals surface area contributed by atoms with Gasteiger partial charge in [0.15, 0.2) is 0 Å². The van der Waals surface area contributed by atoms with E-state index in [1.54, 1.807) is 0 Å². The monoisotopic (exact) mass is 528 g/mol. The molecule has 0 heterocycles. The predicted molar refractivity (Wildman–Crippen MR) is 160 cm³/mol. The van der Waals surface area contributed by atoms with Crippen LogP contribution in [0, 0.1) is 21.7 Å². The molecule has 0 amide bonds. The van der Waals surface area contributed by atoms with Gasteiger partial charge in [-0.25, -0.2) is 0 Å². The second-order valence-corrected chi connectivity index (χ2v) is 14.6. The average Bonchev–Trinajstić information content (AvgIpc) is 2.82. The van der Waals surface area contributed by atoms with Gasteiger partial charge in [-0.3, -0.25) is 0 Å². The SMILES string of the molecule is CC1(C)C=C(C=CC2=CC(C)(C)C=C(CCCCC(C)(C)CO)C2O)C(O)C(CCCCC(C)(C)CO)=C1. The van der Waals surface area contributed by atoms with Gasteiger partial charge < -0.3 is 20.4 Å². The highest BCUT2D eigenvalue weighted by Gasteiger charge is 2.28. The van der Waals surface area contributed by atoms with Crippen LogP contribution in [0.15, 0.2) is 58.7 Å². The maximum atomic E-state index is 11.2. The van der Waals surface area contributed by atoms with Crippen LogP contribution < -0.4 is 0 Å². The van der Waals surface area contributed by atoms with Crippen molar-refractivity contribution in [2.45, 2.75) is 119 Å². The highest BCUT2D eigenvalue weighted by Crippen LogP contribution is 2.38. The summed E-state index contributed by atoms with van der Waals surface area (Å²) in [5.74, 6) is 0. The van der Waals surface area contributed by atoms with Gasteiger partial charge in [0, 0.05) is 24.0 Å². The first-order valence-electron chi connectivity index (χ1n) is 14.6. The Morgan fingerprint density at radius 3 is 1.29 bits per heavy atom. The van der Waals surface area contributed by atoms with Crippen molar-refractivity contribution in [3.63, 3.8) is 0 Å².